The van der Waals surface area contributed by atoms with E-state index in [0.29, 0.717) is 67.0 Å². The van der Waals surface area contributed by atoms with Crippen molar-refractivity contribution in [2.45, 2.75) is 70.1 Å². The van der Waals surface area contributed by atoms with Crippen molar-refractivity contribution in [1.29, 1.82) is 0 Å². The Morgan fingerprint density at radius 3 is 1.98 bits per heavy atom. The summed E-state index contributed by atoms with van der Waals surface area (Å²) in [4.78, 5) is 76.1. The Morgan fingerprint density at radius 1 is 0.769 bits per heavy atom. The predicted octanol–water partition coefficient (Wildman–Crippen LogP) is 5.41. The average Bonchev–Trinajstić information content (AvgIpc) is 3.64. The normalized spacial score (nSPS) is 22.2. The highest BCUT2D eigenvalue weighted by atomic mass is 19.4. The van der Waals surface area contributed by atoms with Crippen molar-refractivity contribution in [2.75, 3.05) is 98.6 Å². The third-order valence-corrected chi connectivity index (χ3v) is 14.4. The number of hydrogen-bond donors (Lipinski definition) is 2. The number of hydrogen-bond acceptors (Lipinski definition) is 11. The summed E-state index contributed by atoms with van der Waals surface area (Å²) in [7, 11) is 0. The molecule has 5 fully saturated rings. The second-order valence-electron chi connectivity index (χ2n) is 18.5. The highest BCUT2D eigenvalue weighted by Gasteiger charge is 2.40. The molecule has 344 valence electrons. The van der Waals surface area contributed by atoms with Gasteiger partial charge in [-0.3, -0.25) is 24.5 Å². The second kappa shape index (κ2) is 19.0. The molecule has 1 aromatic carbocycles. The van der Waals surface area contributed by atoms with Gasteiger partial charge in [0.15, 0.2) is 5.69 Å². The quantitative estimate of drug-likeness (QED) is 0.199. The summed E-state index contributed by atoms with van der Waals surface area (Å²) in [6, 6.07) is 10.8. The first-order valence-corrected chi connectivity index (χ1v) is 23.1. The number of anilines is 4. The van der Waals surface area contributed by atoms with E-state index in [-0.39, 0.29) is 36.6 Å². The fourth-order valence-corrected chi connectivity index (χ4v) is 10.5. The molecule has 0 spiro atoms. The van der Waals surface area contributed by atoms with Gasteiger partial charge >= 0.3 is 6.18 Å². The molecular weight excluding hydrogens is 840 g/mol. The fourth-order valence-electron chi connectivity index (χ4n) is 10.5. The van der Waals surface area contributed by atoms with Crippen LogP contribution in [0.1, 0.15) is 73.0 Å². The van der Waals surface area contributed by atoms with Crippen LogP contribution in [0, 0.1) is 24.3 Å². The van der Waals surface area contributed by atoms with E-state index in [1.165, 1.54) is 6.07 Å². The molecule has 3 aromatic rings. The summed E-state index contributed by atoms with van der Waals surface area (Å²) in [5.74, 6) is 1.34. The number of carbonyl (C=O) groups excluding carboxylic acids is 4. The summed E-state index contributed by atoms with van der Waals surface area (Å²) in [5.41, 5.74) is 1.33. The van der Waals surface area contributed by atoms with Crippen LogP contribution in [-0.2, 0) is 27.1 Å². The molecule has 5 saturated heterocycles. The number of imide groups is 1. The largest absolute Gasteiger partial charge is 0.407 e. The SMILES string of the molecule is [C-]#[N+]c1ccc(N2CCC(C(=O)Nc3ccc(N4CCC(CN5CCN(CC6CCN(c7ccc8c(n7)CN(C7CCC(=O)NC7=O)C8=O)CC6)CC5)CC4)cn3)CC2)cc1C(F)(F)F. The zero-order valence-corrected chi connectivity index (χ0v) is 36.6. The van der Waals surface area contributed by atoms with Gasteiger partial charge in [-0.25, -0.2) is 14.8 Å². The number of rotatable bonds is 10. The molecule has 0 bridgehead atoms. The van der Waals surface area contributed by atoms with Crippen LogP contribution in [0.4, 0.5) is 41.9 Å². The molecule has 1 atom stereocenters. The van der Waals surface area contributed by atoms with Crippen molar-refractivity contribution in [1.82, 2.24) is 30.0 Å². The minimum atomic E-state index is -4.61. The Balaban J connectivity index is 0.655. The van der Waals surface area contributed by atoms with Gasteiger partial charge < -0.3 is 34.7 Å². The van der Waals surface area contributed by atoms with Crippen LogP contribution in [0.3, 0.4) is 0 Å². The van der Waals surface area contributed by atoms with Crippen LogP contribution >= 0.6 is 0 Å². The second-order valence-corrected chi connectivity index (χ2v) is 18.5. The molecule has 15 nitrogen and oxygen atoms in total. The van der Waals surface area contributed by atoms with Gasteiger partial charge in [-0.05, 0) is 93.2 Å². The molecule has 0 saturated carbocycles. The van der Waals surface area contributed by atoms with Crippen LogP contribution in [0.15, 0.2) is 48.7 Å². The molecule has 4 amide bonds. The molecule has 6 aliphatic heterocycles. The number of piperazine rings is 1. The van der Waals surface area contributed by atoms with Crippen LogP contribution in [0.25, 0.3) is 4.85 Å². The van der Waals surface area contributed by atoms with Crippen molar-refractivity contribution in [3.63, 3.8) is 0 Å². The number of halogens is 3. The van der Waals surface area contributed by atoms with Crippen molar-refractivity contribution in [3.8, 4) is 0 Å². The first-order chi connectivity index (χ1) is 31.4. The lowest BCUT2D eigenvalue weighted by atomic mass is 9.95. The maximum Gasteiger partial charge on any atom is 0.407 e. The topological polar surface area (TPSA) is 142 Å². The number of nitrogens with zero attached hydrogens (tertiary/aromatic N) is 9. The Kier molecular flexibility index (Phi) is 13.0. The van der Waals surface area contributed by atoms with E-state index in [9.17, 15) is 32.3 Å². The van der Waals surface area contributed by atoms with Crippen LogP contribution in [-0.4, -0.2) is 133 Å². The number of pyridine rings is 2. The number of fused-ring (bicyclic) bond motifs is 1. The zero-order valence-electron chi connectivity index (χ0n) is 36.6. The highest BCUT2D eigenvalue weighted by molar-refractivity contribution is 6.05. The van der Waals surface area contributed by atoms with Gasteiger partial charge in [0.25, 0.3) is 5.91 Å². The summed E-state index contributed by atoms with van der Waals surface area (Å²) in [5, 5.41) is 5.30. The van der Waals surface area contributed by atoms with E-state index in [4.69, 9.17) is 11.6 Å². The van der Waals surface area contributed by atoms with Crippen LogP contribution in [0.2, 0.25) is 0 Å². The summed E-state index contributed by atoms with van der Waals surface area (Å²) < 4.78 is 40.5. The molecule has 2 aromatic heterocycles. The van der Waals surface area contributed by atoms with E-state index >= 15 is 0 Å². The zero-order chi connectivity index (χ0) is 45.2. The smallest absolute Gasteiger partial charge is 0.372 e. The van der Waals surface area contributed by atoms with Crippen LogP contribution < -0.4 is 25.3 Å². The lowest BCUT2D eigenvalue weighted by molar-refractivity contribution is -0.138. The number of piperidine rings is 4. The van der Waals surface area contributed by atoms with E-state index in [1.54, 1.807) is 11.0 Å². The molecule has 6 aliphatic rings. The van der Waals surface area contributed by atoms with Gasteiger partial charge in [-0.15, -0.1) is 0 Å². The van der Waals surface area contributed by atoms with Gasteiger partial charge in [0.2, 0.25) is 17.7 Å². The molecule has 9 rings (SSSR count). The van der Waals surface area contributed by atoms with Crippen molar-refractivity contribution in [2.24, 2.45) is 17.8 Å². The molecule has 0 aliphatic carbocycles. The molecule has 18 heteroatoms. The Bertz CT molecular complexity index is 2290. The Hall–Kier alpha value is -5.80. The molecule has 0 radical (unpaired) electrons. The third-order valence-electron chi connectivity index (χ3n) is 14.4. The average molecular weight is 896 g/mol. The van der Waals surface area contributed by atoms with E-state index in [1.807, 2.05) is 35.4 Å². The first-order valence-electron chi connectivity index (χ1n) is 23.1. The van der Waals surface area contributed by atoms with Crippen LogP contribution in [0.5, 0.6) is 0 Å². The molecule has 1 unspecified atom stereocenters. The predicted molar refractivity (Wildman–Crippen MR) is 239 cm³/mol. The van der Waals surface area contributed by atoms with Gasteiger partial charge in [-0.1, -0.05) is 6.07 Å². The number of alkyl halides is 3. The lowest BCUT2D eigenvalue weighted by Gasteiger charge is -2.41. The van der Waals surface area contributed by atoms with Gasteiger partial charge in [0.05, 0.1) is 41.8 Å². The van der Waals surface area contributed by atoms with Gasteiger partial charge in [-0.2, -0.15) is 13.2 Å². The van der Waals surface area contributed by atoms with Crippen molar-refractivity contribution >= 4 is 52.3 Å². The molecule has 2 N–H and O–H groups in total. The standard InChI is InChI=1S/C47H56F3N11O4/c1-51-38-5-2-34(26-37(38)47(48,49)50)58-20-14-33(15-21-58)44(63)54-41-7-3-35(27-52-41)59-16-10-31(11-17-59)28-56-22-24-57(25-23-56)29-32-12-18-60(19-13-32)42-8-4-36-39(53-42)30-61(46(36)65)40-6-9-43(62)55-45(40)64/h2-5,7-8,26-27,31-33,40H,6,9-25,28-30H2,(H,52,54,63)(H,55,62,64). The van der Waals surface area contributed by atoms with Crippen molar-refractivity contribution < 1.29 is 32.3 Å². The number of nitrogens with one attached hydrogen (secondary N) is 2. The number of aromatic nitrogens is 2. The first kappa shape index (κ1) is 44.4. The summed E-state index contributed by atoms with van der Waals surface area (Å²) in [6.45, 7) is 18.6. The highest BCUT2D eigenvalue weighted by Crippen LogP contribution is 2.39. The lowest BCUT2D eigenvalue weighted by Crippen LogP contribution is -2.52. The van der Waals surface area contributed by atoms with Crippen molar-refractivity contribution in [3.05, 3.63) is 76.9 Å². The van der Waals surface area contributed by atoms with Gasteiger partial charge in [0.1, 0.15) is 17.7 Å². The molecular formula is C47H56F3N11O4. The Morgan fingerprint density at radius 2 is 1.38 bits per heavy atom. The monoisotopic (exact) mass is 895 g/mol. The fraction of sp³-hybridized carbons (Fsp3) is 0.553. The van der Waals surface area contributed by atoms with E-state index in [2.05, 4.69) is 40.1 Å². The van der Waals surface area contributed by atoms with E-state index in [0.717, 1.165) is 109 Å². The van der Waals surface area contributed by atoms with E-state index < -0.39 is 29.4 Å². The number of carbonyl (C=O) groups is 4. The minimum absolute atomic E-state index is 0.138. The maximum absolute atomic E-state index is 13.5. The van der Waals surface area contributed by atoms with Gasteiger partial charge in [0, 0.05) is 96.6 Å². The number of benzene rings is 1. The Labute approximate surface area is 377 Å². The number of amides is 4. The maximum atomic E-state index is 13.5. The minimum Gasteiger partial charge on any atom is -0.372 e. The third kappa shape index (κ3) is 10.1. The summed E-state index contributed by atoms with van der Waals surface area (Å²) >= 11 is 0. The summed E-state index contributed by atoms with van der Waals surface area (Å²) in [6.07, 6.45) is 3.20. The molecule has 65 heavy (non-hydrogen) atoms. The molecule has 8 heterocycles.